The summed E-state index contributed by atoms with van der Waals surface area (Å²) in [4.78, 5) is 20.0. The summed E-state index contributed by atoms with van der Waals surface area (Å²) in [6.45, 7) is 1.15. The first kappa shape index (κ1) is 20.5. The molecule has 0 saturated carbocycles. The van der Waals surface area contributed by atoms with Crippen molar-refractivity contribution in [1.82, 2.24) is 9.21 Å². The number of carbonyl (C=O) groups is 1. The molecule has 1 unspecified atom stereocenters. The Bertz CT molecular complexity index is 1040. The summed E-state index contributed by atoms with van der Waals surface area (Å²) in [6.07, 6.45) is 0.604. The second-order valence-electron chi connectivity index (χ2n) is 7.25. The summed E-state index contributed by atoms with van der Waals surface area (Å²) >= 11 is 0. The molecule has 2 heterocycles. The van der Waals surface area contributed by atoms with Gasteiger partial charge in [-0.15, -0.1) is 0 Å². The first-order valence-electron chi connectivity index (χ1n) is 9.78. The van der Waals surface area contributed by atoms with Crippen LogP contribution in [0.25, 0.3) is 0 Å². The zero-order valence-electron chi connectivity index (χ0n) is 16.3. The monoisotopic (exact) mass is 431 g/mol. The van der Waals surface area contributed by atoms with E-state index in [1.54, 1.807) is 4.90 Å². The Morgan fingerprint density at radius 3 is 2.47 bits per heavy atom. The predicted molar refractivity (Wildman–Crippen MR) is 109 cm³/mol. The average Bonchev–Trinajstić information content (AvgIpc) is 3.11. The van der Waals surface area contributed by atoms with Crippen molar-refractivity contribution in [2.24, 2.45) is 5.16 Å². The van der Waals surface area contributed by atoms with E-state index < -0.39 is 15.8 Å². The SMILES string of the molecule is O=C(C1=NOC(c2ccccc2)C1)N1CCCN(S(=O)(=O)c2ccc(F)cc2)CC1. The summed E-state index contributed by atoms with van der Waals surface area (Å²) in [6, 6.07) is 14.3. The van der Waals surface area contributed by atoms with E-state index in [0.29, 0.717) is 31.6 Å². The van der Waals surface area contributed by atoms with E-state index in [1.807, 2.05) is 30.3 Å². The minimum absolute atomic E-state index is 0.0444. The smallest absolute Gasteiger partial charge is 0.271 e. The Labute approximate surface area is 174 Å². The van der Waals surface area contributed by atoms with Crippen molar-refractivity contribution in [2.45, 2.75) is 23.8 Å². The van der Waals surface area contributed by atoms with Gasteiger partial charge in [-0.3, -0.25) is 4.79 Å². The highest BCUT2D eigenvalue weighted by Gasteiger charge is 2.33. The first-order valence-corrected chi connectivity index (χ1v) is 11.2. The third kappa shape index (κ3) is 4.22. The molecule has 9 heteroatoms. The molecular weight excluding hydrogens is 409 g/mol. The van der Waals surface area contributed by atoms with E-state index in [9.17, 15) is 17.6 Å². The van der Waals surface area contributed by atoms with Gasteiger partial charge in [0, 0.05) is 32.6 Å². The van der Waals surface area contributed by atoms with Gasteiger partial charge in [0.15, 0.2) is 6.10 Å². The van der Waals surface area contributed by atoms with Crippen LogP contribution in [0.15, 0.2) is 64.6 Å². The average molecular weight is 431 g/mol. The van der Waals surface area contributed by atoms with Crippen LogP contribution in [0, 0.1) is 5.82 Å². The van der Waals surface area contributed by atoms with Gasteiger partial charge in [0.05, 0.1) is 4.90 Å². The maximum absolute atomic E-state index is 13.1. The normalized spacial score (nSPS) is 20.4. The molecule has 7 nitrogen and oxygen atoms in total. The number of hydrogen-bond acceptors (Lipinski definition) is 5. The van der Waals surface area contributed by atoms with Crippen molar-refractivity contribution < 1.29 is 22.4 Å². The Balaban J connectivity index is 1.39. The summed E-state index contributed by atoms with van der Waals surface area (Å²) in [5.74, 6) is -0.718. The Morgan fingerprint density at radius 1 is 1.00 bits per heavy atom. The van der Waals surface area contributed by atoms with Crippen LogP contribution < -0.4 is 0 Å². The van der Waals surface area contributed by atoms with Crippen molar-refractivity contribution in [1.29, 1.82) is 0 Å². The van der Waals surface area contributed by atoms with Gasteiger partial charge in [-0.1, -0.05) is 35.5 Å². The molecule has 0 aromatic heterocycles. The maximum Gasteiger partial charge on any atom is 0.271 e. The molecule has 0 radical (unpaired) electrons. The molecule has 1 amide bonds. The van der Waals surface area contributed by atoms with Crippen LogP contribution in [0.5, 0.6) is 0 Å². The highest BCUT2D eigenvalue weighted by atomic mass is 32.2. The zero-order chi connectivity index (χ0) is 21.1. The molecule has 158 valence electrons. The zero-order valence-corrected chi connectivity index (χ0v) is 17.1. The van der Waals surface area contributed by atoms with Gasteiger partial charge in [-0.25, -0.2) is 12.8 Å². The summed E-state index contributed by atoms with van der Waals surface area (Å²) in [7, 11) is -3.74. The van der Waals surface area contributed by atoms with Gasteiger partial charge in [0.2, 0.25) is 10.0 Å². The molecule has 0 bridgehead atoms. The fourth-order valence-corrected chi connectivity index (χ4v) is 5.10. The van der Waals surface area contributed by atoms with Crippen LogP contribution >= 0.6 is 0 Å². The molecule has 2 aromatic rings. The van der Waals surface area contributed by atoms with Gasteiger partial charge >= 0.3 is 0 Å². The molecular formula is C21H22FN3O4S. The van der Waals surface area contributed by atoms with Crippen molar-refractivity contribution in [2.75, 3.05) is 26.2 Å². The number of hydrogen-bond donors (Lipinski definition) is 0. The number of carbonyl (C=O) groups excluding carboxylic acids is 1. The van der Waals surface area contributed by atoms with Crippen LogP contribution in [-0.4, -0.2) is 55.4 Å². The van der Waals surface area contributed by atoms with Crippen LogP contribution in [0.1, 0.15) is 24.5 Å². The Morgan fingerprint density at radius 2 is 1.73 bits per heavy atom. The molecule has 2 aliphatic rings. The predicted octanol–water partition coefficient (Wildman–Crippen LogP) is 2.57. The number of halogens is 1. The second kappa shape index (κ2) is 8.53. The number of benzene rings is 2. The quantitative estimate of drug-likeness (QED) is 0.745. The number of sulfonamides is 1. The lowest BCUT2D eigenvalue weighted by Gasteiger charge is -2.21. The number of amides is 1. The van der Waals surface area contributed by atoms with Gasteiger partial charge in [0.25, 0.3) is 5.91 Å². The lowest BCUT2D eigenvalue weighted by atomic mass is 10.0. The number of rotatable bonds is 4. The highest BCUT2D eigenvalue weighted by Crippen LogP contribution is 2.28. The Kier molecular flexibility index (Phi) is 5.83. The first-order chi connectivity index (χ1) is 14.4. The lowest BCUT2D eigenvalue weighted by molar-refractivity contribution is -0.124. The highest BCUT2D eigenvalue weighted by molar-refractivity contribution is 7.89. The third-order valence-electron chi connectivity index (χ3n) is 5.28. The molecule has 1 saturated heterocycles. The standard InChI is InChI=1S/C21H22FN3O4S/c22-17-7-9-18(10-8-17)30(27,28)25-12-4-11-24(13-14-25)21(26)19-15-20(29-23-19)16-5-2-1-3-6-16/h1-3,5-10,20H,4,11-15H2. The lowest BCUT2D eigenvalue weighted by Crippen LogP contribution is -2.40. The maximum atomic E-state index is 13.1. The fraction of sp³-hybridized carbons (Fsp3) is 0.333. The second-order valence-corrected chi connectivity index (χ2v) is 9.19. The molecule has 0 aliphatic carbocycles. The fourth-order valence-electron chi connectivity index (χ4n) is 3.63. The molecule has 4 rings (SSSR count). The third-order valence-corrected chi connectivity index (χ3v) is 7.19. The minimum Gasteiger partial charge on any atom is -0.387 e. The minimum atomic E-state index is -3.74. The molecule has 2 aliphatic heterocycles. The van der Waals surface area contributed by atoms with E-state index >= 15 is 0 Å². The molecule has 0 spiro atoms. The molecule has 30 heavy (non-hydrogen) atoms. The van der Waals surface area contributed by atoms with Crippen LogP contribution in [-0.2, 0) is 19.7 Å². The summed E-state index contributed by atoms with van der Waals surface area (Å²) in [5, 5.41) is 3.98. The largest absolute Gasteiger partial charge is 0.387 e. The van der Waals surface area contributed by atoms with Crippen molar-refractivity contribution in [3.05, 3.63) is 66.0 Å². The van der Waals surface area contributed by atoms with E-state index in [2.05, 4.69) is 5.16 Å². The number of oxime groups is 1. The van der Waals surface area contributed by atoms with Crippen molar-refractivity contribution in [3.8, 4) is 0 Å². The van der Waals surface area contributed by atoms with Gasteiger partial charge < -0.3 is 9.74 Å². The molecule has 0 N–H and O–H groups in total. The van der Waals surface area contributed by atoms with E-state index in [-0.39, 0.29) is 30.0 Å². The van der Waals surface area contributed by atoms with E-state index in [4.69, 9.17) is 4.84 Å². The van der Waals surface area contributed by atoms with E-state index in [1.165, 1.54) is 16.4 Å². The van der Waals surface area contributed by atoms with Gasteiger partial charge in [0.1, 0.15) is 11.5 Å². The summed E-state index contributed by atoms with van der Waals surface area (Å²) in [5.41, 5.74) is 1.30. The van der Waals surface area contributed by atoms with Crippen molar-refractivity contribution in [3.63, 3.8) is 0 Å². The topological polar surface area (TPSA) is 79.3 Å². The van der Waals surface area contributed by atoms with Gasteiger partial charge in [-0.2, -0.15) is 4.31 Å². The Hall–Kier alpha value is -2.78. The van der Waals surface area contributed by atoms with Crippen LogP contribution in [0.4, 0.5) is 4.39 Å². The van der Waals surface area contributed by atoms with E-state index in [0.717, 1.165) is 17.7 Å². The van der Waals surface area contributed by atoms with Crippen LogP contribution in [0.2, 0.25) is 0 Å². The van der Waals surface area contributed by atoms with Crippen LogP contribution in [0.3, 0.4) is 0 Å². The summed E-state index contributed by atoms with van der Waals surface area (Å²) < 4.78 is 40.2. The molecule has 1 fully saturated rings. The van der Waals surface area contributed by atoms with Crippen molar-refractivity contribution >= 4 is 21.6 Å². The number of nitrogens with zero attached hydrogens (tertiary/aromatic N) is 3. The van der Waals surface area contributed by atoms with Gasteiger partial charge in [-0.05, 0) is 36.2 Å². The molecule has 1 atom stereocenters. The molecule has 2 aromatic carbocycles.